The van der Waals surface area contributed by atoms with Gasteiger partial charge in [0.1, 0.15) is 0 Å². The number of nitrogens with zero attached hydrogens (tertiary/aromatic N) is 1. The smallest absolute Gasteiger partial charge is 0.0583 e. The summed E-state index contributed by atoms with van der Waals surface area (Å²) in [4.78, 5) is 4.07. The second kappa shape index (κ2) is 6.00. The Hall–Kier alpha value is -0.890. The van der Waals surface area contributed by atoms with Gasteiger partial charge in [-0.15, -0.1) is 0 Å². The third-order valence-corrected chi connectivity index (χ3v) is 3.52. The van der Waals surface area contributed by atoms with E-state index in [-0.39, 0.29) is 6.10 Å². The first-order valence-electron chi connectivity index (χ1n) is 6.41. The van der Waals surface area contributed by atoms with E-state index in [2.05, 4.69) is 4.98 Å². The molecule has 1 aliphatic carbocycles. The van der Waals surface area contributed by atoms with Crippen LogP contribution in [0.15, 0.2) is 24.5 Å². The van der Waals surface area contributed by atoms with Gasteiger partial charge in [0.05, 0.1) is 6.10 Å². The zero-order chi connectivity index (χ0) is 11.2. The van der Waals surface area contributed by atoms with Gasteiger partial charge in [-0.2, -0.15) is 0 Å². The average Bonchev–Trinajstić information content (AvgIpc) is 2.31. The minimum atomic E-state index is -0.188. The average molecular weight is 219 g/mol. The van der Waals surface area contributed by atoms with Crippen molar-refractivity contribution >= 4 is 0 Å². The Kier molecular flexibility index (Phi) is 4.34. The highest BCUT2D eigenvalue weighted by Crippen LogP contribution is 2.27. The molecule has 1 N–H and O–H groups in total. The van der Waals surface area contributed by atoms with Crippen molar-refractivity contribution in [1.29, 1.82) is 0 Å². The van der Waals surface area contributed by atoms with Crippen molar-refractivity contribution in [1.82, 2.24) is 4.98 Å². The molecule has 0 bridgehead atoms. The number of pyridine rings is 1. The predicted octanol–water partition coefficient (Wildman–Crippen LogP) is 2.96. The first-order valence-corrected chi connectivity index (χ1v) is 6.41. The Morgan fingerprint density at radius 3 is 2.81 bits per heavy atom. The summed E-state index contributed by atoms with van der Waals surface area (Å²) >= 11 is 0. The standard InChI is InChI=1S/C14H21NO/c16-14(9-12-5-2-1-3-6-12)10-13-7-4-8-15-11-13/h4,7-8,11-12,14,16H,1-3,5-6,9-10H2. The molecule has 0 aliphatic heterocycles. The lowest BCUT2D eigenvalue weighted by Crippen LogP contribution is -2.18. The molecule has 16 heavy (non-hydrogen) atoms. The van der Waals surface area contributed by atoms with E-state index in [9.17, 15) is 5.11 Å². The lowest BCUT2D eigenvalue weighted by Gasteiger charge is -2.23. The molecule has 0 spiro atoms. The fourth-order valence-corrected chi connectivity index (χ4v) is 2.68. The van der Waals surface area contributed by atoms with Crippen molar-refractivity contribution in [2.45, 2.75) is 51.0 Å². The second-order valence-electron chi connectivity index (χ2n) is 4.96. The third kappa shape index (κ3) is 3.60. The van der Waals surface area contributed by atoms with Gasteiger partial charge in [0.15, 0.2) is 0 Å². The molecule has 1 saturated carbocycles. The van der Waals surface area contributed by atoms with Crippen LogP contribution in [0, 0.1) is 5.92 Å². The Morgan fingerprint density at radius 1 is 1.31 bits per heavy atom. The summed E-state index contributed by atoms with van der Waals surface area (Å²) in [7, 11) is 0. The van der Waals surface area contributed by atoms with Crippen LogP contribution in [0.2, 0.25) is 0 Å². The number of aliphatic hydroxyl groups excluding tert-OH is 1. The molecule has 0 saturated heterocycles. The maximum absolute atomic E-state index is 10.0. The van der Waals surface area contributed by atoms with E-state index in [0.717, 1.165) is 24.3 Å². The van der Waals surface area contributed by atoms with Crippen LogP contribution in [-0.4, -0.2) is 16.2 Å². The number of aliphatic hydroxyl groups is 1. The van der Waals surface area contributed by atoms with Crippen LogP contribution in [0.5, 0.6) is 0 Å². The summed E-state index contributed by atoms with van der Waals surface area (Å²) < 4.78 is 0. The van der Waals surface area contributed by atoms with Crippen molar-refractivity contribution < 1.29 is 5.11 Å². The molecule has 0 aromatic carbocycles. The summed E-state index contributed by atoms with van der Waals surface area (Å²) in [5.74, 6) is 0.750. The molecule has 88 valence electrons. The van der Waals surface area contributed by atoms with E-state index in [0.29, 0.717) is 0 Å². The van der Waals surface area contributed by atoms with E-state index in [4.69, 9.17) is 0 Å². The van der Waals surface area contributed by atoms with Gasteiger partial charge in [0, 0.05) is 12.4 Å². The fourth-order valence-electron chi connectivity index (χ4n) is 2.68. The topological polar surface area (TPSA) is 33.1 Å². The van der Waals surface area contributed by atoms with E-state index in [1.807, 2.05) is 18.3 Å². The van der Waals surface area contributed by atoms with Crippen molar-refractivity contribution in [3.05, 3.63) is 30.1 Å². The molecule has 2 nitrogen and oxygen atoms in total. The van der Waals surface area contributed by atoms with E-state index in [1.54, 1.807) is 6.20 Å². The number of rotatable bonds is 4. The van der Waals surface area contributed by atoms with Crippen LogP contribution >= 0.6 is 0 Å². The van der Waals surface area contributed by atoms with Crippen molar-refractivity contribution in [3.63, 3.8) is 0 Å². The lowest BCUT2D eigenvalue weighted by molar-refractivity contribution is 0.130. The fraction of sp³-hybridized carbons (Fsp3) is 0.643. The Labute approximate surface area is 97.7 Å². The largest absolute Gasteiger partial charge is 0.393 e. The quantitative estimate of drug-likeness (QED) is 0.844. The summed E-state index contributed by atoms with van der Waals surface area (Å²) in [6, 6.07) is 3.97. The highest BCUT2D eigenvalue weighted by molar-refractivity contribution is 5.09. The number of aromatic nitrogens is 1. The van der Waals surface area contributed by atoms with Crippen molar-refractivity contribution in [3.8, 4) is 0 Å². The summed E-state index contributed by atoms with van der Waals surface area (Å²) in [5, 5.41) is 10.0. The van der Waals surface area contributed by atoms with E-state index >= 15 is 0 Å². The van der Waals surface area contributed by atoms with Gasteiger partial charge in [-0.1, -0.05) is 38.2 Å². The molecular weight excluding hydrogens is 198 g/mol. The maximum Gasteiger partial charge on any atom is 0.0583 e. The molecule has 0 radical (unpaired) electrons. The van der Waals surface area contributed by atoms with Gasteiger partial charge >= 0.3 is 0 Å². The predicted molar refractivity (Wildman–Crippen MR) is 65.1 cm³/mol. The summed E-state index contributed by atoms with van der Waals surface area (Å²) in [6.45, 7) is 0. The maximum atomic E-state index is 10.0. The van der Waals surface area contributed by atoms with Crippen molar-refractivity contribution in [2.75, 3.05) is 0 Å². The van der Waals surface area contributed by atoms with Gasteiger partial charge in [0.25, 0.3) is 0 Å². The summed E-state index contributed by atoms with van der Waals surface area (Å²) in [5.41, 5.74) is 1.14. The molecule has 1 aliphatic rings. The highest BCUT2D eigenvalue weighted by Gasteiger charge is 2.17. The van der Waals surface area contributed by atoms with Crippen LogP contribution in [0.25, 0.3) is 0 Å². The Bertz CT molecular complexity index is 293. The zero-order valence-corrected chi connectivity index (χ0v) is 9.81. The molecule has 1 atom stereocenters. The molecule has 1 heterocycles. The van der Waals surface area contributed by atoms with Gasteiger partial charge in [-0.3, -0.25) is 4.98 Å². The molecule has 1 aromatic rings. The number of hydrogen-bond acceptors (Lipinski definition) is 2. The van der Waals surface area contributed by atoms with Crippen LogP contribution in [-0.2, 0) is 6.42 Å². The molecule has 1 aromatic heterocycles. The molecule has 0 amide bonds. The van der Waals surface area contributed by atoms with Crippen molar-refractivity contribution in [2.24, 2.45) is 5.92 Å². The normalized spacial score (nSPS) is 19.6. The van der Waals surface area contributed by atoms with Gasteiger partial charge in [0.2, 0.25) is 0 Å². The number of hydrogen-bond donors (Lipinski definition) is 1. The molecule has 2 rings (SSSR count). The SMILES string of the molecule is OC(Cc1cccnc1)CC1CCCCC1. The zero-order valence-electron chi connectivity index (χ0n) is 9.81. The third-order valence-electron chi connectivity index (χ3n) is 3.52. The van der Waals surface area contributed by atoms with Crippen LogP contribution in [0.4, 0.5) is 0 Å². The van der Waals surface area contributed by atoms with Gasteiger partial charge in [-0.05, 0) is 30.4 Å². The minimum absolute atomic E-state index is 0.188. The monoisotopic (exact) mass is 219 g/mol. The lowest BCUT2D eigenvalue weighted by atomic mass is 9.84. The van der Waals surface area contributed by atoms with Gasteiger partial charge in [-0.25, -0.2) is 0 Å². The first-order chi connectivity index (χ1) is 7.84. The Morgan fingerprint density at radius 2 is 2.12 bits per heavy atom. The van der Waals surface area contributed by atoms with Crippen LogP contribution in [0.1, 0.15) is 44.1 Å². The van der Waals surface area contributed by atoms with E-state index in [1.165, 1.54) is 32.1 Å². The van der Waals surface area contributed by atoms with Crippen LogP contribution < -0.4 is 0 Å². The second-order valence-corrected chi connectivity index (χ2v) is 4.96. The molecule has 1 fully saturated rings. The summed E-state index contributed by atoms with van der Waals surface area (Å²) in [6.07, 6.45) is 11.9. The molecule has 2 heteroatoms. The van der Waals surface area contributed by atoms with Crippen LogP contribution in [0.3, 0.4) is 0 Å². The first kappa shape index (κ1) is 11.6. The van der Waals surface area contributed by atoms with E-state index < -0.39 is 0 Å². The minimum Gasteiger partial charge on any atom is -0.393 e. The highest BCUT2D eigenvalue weighted by atomic mass is 16.3. The van der Waals surface area contributed by atoms with Gasteiger partial charge < -0.3 is 5.11 Å². The molecule has 1 unspecified atom stereocenters. The Balaban J connectivity index is 1.77. The molecular formula is C14H21NO.